The molecule has 0 radical (unpaired) electrons. The molecule has 0 atom stereocenters. The van der Waals surface area contributed by atoms with Gasteiger partial charge in [-0.05, 0) is 25.0 Å². The van der Waals surface area contributed by atoms with E-state index in [0.717, 1.165) is 18.6 Å². The summed E-state index contributed by atoms with van der Waals surface area (Å²) >= 11 is 0. The molecule has 86 valence electrons. The van der Waals surface area contributed by atoms with E-state index in [-0.39, 0.29) is 6.02 Å². The van der Waals surface area contributed by atoms with Gasteiger partial charge < -0.3 is 10.5 Å². The lowest BCUT2D eigenvalue weighted by molar-refractivity contribution is 0.431. The number of rotatable bonds is 2. The quantitative estimate of drug-likeness (QED) is 0.613. The first kappa shape index (κ1) is 11.0. The summed E-state index contributed by atoms with van der Waals surface area (Å²) in [5, 5.41) is 0. The maximum atomic E-state index is 5.76. The molecule has 1 aromatic rings. The van der Waals surface area contributed by atoms with Gasteiger partial charge in [0.15, 0.2) is 0 Å². The van der Waals surface area contributed by atoms with E-state index in [4.69, 9.17) is 10.5 Å². The minimum absolute atomic E-state index is 0.290. The van der Waals surface area contributed by atoms with Gasteiger partial charge in [-0.15, -0.1) is 0 Å². The van der Waals surface area contributed by atoms with Crippen LogP contribution in [0.1, 0.15) is 32.1 Å². The molecule has 0 aromatic heterocycles. The van der Waals surface area contributed by atoms with Crippen molar-refractivity contribution in [2.45, 2.75) is 38.1 Å². The molecule has 2 N–H and O–H groups in total. The van der Waals surface area contributed by atoms with E-state index in [2.05, 4.69) is 4.99 Å². The summed E-state index contributed by atoms with van der Waals surface area (Å²) in [7, 11) is 0. The largest absolute Gasteiger partial charge is 0.426 e. The fourth-order valence-corrected chi connectivity index (χ4v) is 2.03. The van der Waals surface area contributed by atoms with Crippen LogP contribution in [-0.4, -0.2) is 12.1 Å². The molecule has 1 saturated carbocycles. The minimum Gasteiger partial charge on any atom is -0.426 e. The molecule has 3 nitrogen and oxygen atoms in total. The molecule has 0 saturated heterocycles. The maximum absolute atomic E-state index is 5.76. The lowest BCUT2D eigenvalue weighted by atomic mass is 9.96. The average Bonchev–Trinajstić information content (AvgIpc) is 2.31. The highest BCUT2D eigenvalue weighted by Crippen LogP contribution is 2.20. The van der Waals surface area contributed by atoms with Crippen molar-refractivity contribution in [3.05, 3.63) is 30.3 Å². The van der Waals surface area contributed by atoms with Crippen molar-refractivity contribution in [2.75, 3.05) is 0 Å². The van der Waals surface area contributed by atoms with Gasteiger partial charge in [-0.3, -0.25) is 0 Å². The van der Waals surface area contributed by atoms with Crippen molar-refractivity contribution in [3.63, 3.8) is 0 Å². The SMILES string of the molecule is NC(=NC1CCCCC1)Oc1ccccc1. The maximum Gasteiger partial charge on any atom is 0.287 e. The number of ether oxygens (including phenoxy) is 1. The molecule has 1 fully saturated rings. The van der Waals surface area contributed by atoms with Crippen molar-refractivity contribution < 1.29 is 4.74 Å². The van der Waals surface area contributed by atoms with E-state index < -0.39 is 0 Å². The van der Waals surface area contributed by atoms with E-state index in [0.29, 0.717) is 6.04 Å². The van der Waals surface area contributed by atoms with Gasteiger partial charge in [0.1, 0.15) is 5.75 Å². The lowest BCUT2D eigenvalue weighted by Crippen LogP contribution is -2.23. The number of hydrogen-bond acceptors (Lipinski definition) is 2. The van der Waals surface area contributed by atoms with Crippen LogP contribution < -0.4 is 10.5 Å². The summed E-state index contributed by atoms with van der Waals surface area (Å²) < 4.78 is 5.44. The zero-order valence-electron chi connectivity index (χ0n) is 9.43. The van der Waals surface area contributed by atoms with E-state index in [9.17, 15) is 0 Å². The minimum atomic E-state index is 0.290. The lowest BCUT2D eigenvalue weighted by Gasteiger charge is -2.17. The van der Waals surface area contributed by atoms with Crippen molar-refractivity contribution in [3.8, 4) is 5.75 Å². The molecule has 2 rings (SSSR count). The first-order chi connectivity index (χ1) is 7.84. The van der Waals surface area contributed by atoms with Gasteiger partial charge in [-0.2, -0.15) is 0 Å². The molecular formula is C13H18N2O. The van der Waals surface area contributed by atoms with E-state index >= 15 is 0 Å². The number of benzene rings is 1. The van der Waals surface area contributed by atoms with Crippen LogP contribution in [0.4, 0.5) is 0 Å². The van der Waals surface area contributed by atoms with Crippen LogP contribution in [0.3, 0.4) is 0 Å². The summed E-state index contributed by atoms with van der Waals surface area (Å²) in [5.41, 5.74) is 5.76. The highest BCUT2D eigenvalue weighted by molar-refractivity contribution is 5.74. The number of nitrogens with two attached hydrogens (primary N) is 1. The van der Waals surface area contributed by atoms with Crippen molar-refractivity contribution in [1.29, 1.82) is 0 Å². The molecule has 0 bridgehead atoms. The summed E-state index contributed by atoms with van der Waals surface area (Å²) in [6.45, 7) is 0. The first-order valence-corrected chi connectivity index (χ1v) is 5.91. The van der Waals surface area contributed by atoms with E-state index in [1.807, 2.05) is 30.3 Å². The third-order valence-corrected chi connectivity index (χ3v) is 2.85. The number of hydrogen-bond donors (Lipinski definition) is 1. The van der Waals surface area contributed by atoms with Crippen LogP contribution in [0.15, 0.2) is 35.3 Å². The Kier molecular flexibility index (Phi) is 3.81. The molecule has 1 aliphatic carbocycles. The molecule has 1 aliphatic rings. The highest BCUT2D eigenvalue weighted by atomic mass is 16.5. The van der Waals surface area contributed by atoms with Crippen LogP contribution in [-0.2, 0) is 0 Å². The second-order valence-electron chi connectivity index (χ2n) is 4.17. The van der Waals surface area contributed by atoms with Gasteiger partial charge in [0.05, 0.1) is 6.04 Å². The number of para-hydroxylation sites is 1. The van der Waals surface area contributed by atoms with E-state index in [1.165, 1.54) is 19.3 Å². The normalized spacial score (nSPS) is 18.4. The van der Waals surface area contributed by atoms with Gasteiger partial charge in [0.25, 0.3) is 6.02 Å². The first-order valence-electron chi connectivity index (χ1n) is 5.91. The Bertz CT molecular complexity index is 342. The molecule has 0 heterocycles. The Hall–Kier alpha value is -1.51. The number of aliphatic imine (C=N–C) groups is 1. The molecule has 1 aromatic carbocycles. The molecule has 0 unspecified atom stereocenters. The molecule has 16 heavy (non-hydrogen) atoms. The second-order valence-corrected chi connectivity index (χ2v) is 4.17. The van der Waals surface area contributed by atoms with Crippen LogP contribution in [0.5, 0.6) is 5.75 Å². The topological polar surface area (TPSA) is 47.6 Å². The molecular weight excluding hydrogens is 200 g/mol. The Morgan fingerprint density at radius 2 is 1.81 bits per heavy atom. The third kappa shape index (κ3) is 3.26. The Morgan fingerprint density at radius 1 is 1.12 bits per heavy atom. The smallest absolute Gasteiger partial charge is 0.287 e. The zero-order valence-corrected chi connectivity index (χ0v) is 9.43. The molecule has 0 spiro atoms. The van der Waals surface area contributed by atoms with Crippen LogP contribution >= 0.6 is 0 Å². The summed E-state index contributed by atoms with van der Waals surface area (Å²) in [5.74, 6) is 0.750. The zero-order chi connectivity index (χ0) is 11.2. The van der Waals surface area contributed by atoms with Crippen molar-refractivity contribution in [1.82, 2.24) is 0 Å². The van der Waals surface area contributed by atoms with Gasteiger partial charge in [-0.25, -0.2) is 4.99 Å². The third-order valence-electron chi connectivity index (χ3n) is 2.85. The summed E-state index contributed by atoms with van der Waals surface area (Å²) in [6, 6.07) is 10.2. The van der Waals surface area contributed by atoms with Gasteiger partial charge in [0, 0.05) is 0 Å². The van der Waals surface area contributed by atoms with Crippen molar-refractivity contribution in [2.24, 2.45) is 10.7 Å². The number of amidine groups is 1. The molecule has 0 amide bonds. The van der Waals surface area contributed by atoms with Gasteiger partial charge in [0.2, 0.25) is 0 Å². The van der Waals surface area contributed by atoms with Gasteiger partial charge >= 0.3 is 0 Å². The predicted molar refractivity (Wildman–Crippen MR) is 65.6 cm³/mol. The van der Waals surface area contributed by atoms with Crippen LogP contribution in [0, 0.1) is 0 Å². The average molecular weight is 218 g/mol. The standard InChI is InChI=1S/C13H18N2O/c14-13(15-11-7-3-1-4-8-11)16-12-9-5-2-6-10-12/h2,5-6,9-11H,1,3-4,7-8H2,(H2,14,15). The summed E-state index contributed by atoms with van der Waals surface area (Å²) in [4.78, 5) is 4.40. The monoisotopic (exact) mass is 218 g/mol. The fourth-order valence-electron chi connectivity index (χ4n) is 2.03. The number of nitrogens with zero attached hydrogens (tertiary/aromatic N) is 1. The molecule has 0 aliphatic heterocycles. The van der Waals surface area contributed by atoms with E-state index in [1.54, 1.807) is 0 Å². The van der Waals surface area contributed by atoms with Crippen LogP contribution in [0.2, 0.25) is 0 Å². The Balaban J connectivity index is 1.91. The fraction of sp³-hybridized carbons (Fsp3) is 0.462. The highest BCUT2D eigenvalue weighted by Gasteiger charge is 2.12. The van der Waals surface area contributed by atoms with Crippen LogP contribution in [0.25, 0.3) is 0 Å². The Labute approximate surface area is 96.3 Å². The second kappa shape index (κ2) is 5.54. The predicted octanol–water partition coefficient (Wildman–Crippen LogP) is 2.71. The van der Waals surface area contributed by atoms with Crippen molar-refractivity contribution >= 4 is 6.02 Å². The van der Waals surface area contributed by atoms with Gasteiger partial charge in [-0.1, -0.05) is 37.5 Å². The Morgan fingerprint density at radius 3 is 2.50 bits per heavy atom. The summed E-state index contributed by atoms with van der Waals surface area (Å²) in [6.07, 6.45) is 6.11. The molecule has 3 heteroatoms.